The minimum Gasteiger partial charge on any atom is -0.497 e. The van der Waals surface area contributed by atoms with Crippen LogP contribution in [0.15, 0.2) is 30.3 Å². The summed E-state index contributed by atoms with van der Waals surface area (Å²) in [5, 5.41) is 2.83. The van der Waals surface area contributed by atoms with Gasteiger partial charge in [0, 0.05) is 23.2 Å². The molecule has 0 atom stereocenters. The van der Waals surface area contributed by atoms with Crippen molar-refractivity contribution in [1.82, 2.24) is 4.90 Å². The number of hydrogen-bond acceptors (Lipinski definition) is 4. The summed E-state index contributed by atoms with van der Waals surface area (Å²) >= 11 is 1.58. The van der Waals surface area contributed by atoms with E-state index in [2.05, 4.69) is 5.32 Å². The fraction of sp³-hybridized carbons (Fsp3) is 0.400. The van der Waals surface area contributed by atoms with Gasteiger partial charge < -0.3 is 15.0 Å². The third-order valence-electron chi connectivity index (χ3n) is 4.56. The van der Waals surface area contributed by atoms with Crippen LogP contribution in [0.2, 0.25) is 0 Å². The SMILES string of the molecule is CCN(CC(=O)Nc1cccc(OC)c1)C(=O)c1cc2c(s1)CCCC2. The van der Waals surface area contributed by atoms with E-state index >= 15 is 0 Å². The highest BCUT2D eigenvalue weighted by Crippen LogP contribution is 2.30. The highest BCUT2D eigenvalue weighted by molar-refractivity contribution is 7.14. The first kappa shape index (κ1) is 18.5. The lowest BCUT2D eigenvalue weighted by Gasteiger charge is -2.19. The summed E-state index contributed by atoms with van der Waals surface area (Å²) in [4.78, 5) is 28.9. The van der Waals surface area contributed by atoms with E-state index in [1.165, 1.54) is 23.3 Å². The predicted octanol–water partition coefficient (Wildman–Crippen LogP) is 3.74. The molecule has 1 aliphatic carbocycles. The minimum absolute atomic E-state index is 0.0368. The molecule has 0 spiro atoms. The van der Waals surface area contributed by atoms with Crippen LogP contribution in [0.5, 0.6) is 5.75 Å². The first-order chi connectivity index (χ1) is 12.6. The maximum absolute atomic E-state index is 12.8. The van der Waals surface area contributed by atoms with Crippen LogP contribution in [-0.2, 0) is 17.6 Å². The van der Waals surface area contributed by atoms with Crippen molar-refractivity contribution in [2.75, 3.05) is 25.5 Å². The van der Waals surface area contributed by atoms with Crippen molar-refractivity contribution in [1.29, 1.82) is 0 Å². The van der Waals surface area contributed by atoms with Crippen LogP contribution in [0.25, 0.3) is 0 Å². The van der Waals surface area contributed by atoms with Crippen LogP contribution in [0, 0.1) is 0 Å². The molecule has 1 N–H and O–H groups in total. The first-order valence-corrected chi connectivity index (χ1v) is 9.77. The van der Waals surface area contributed by atoms with Gasteiger partial charge in [-0.15, -0.1) is 11.3 Å². The monoisotopic (exact) mass is 372 g/mol. The molecular formula is C20H24N2O3S. The summed E-state index contributed by atoms with van der Waals surface area (Å²) in [6.45, 7) is 2.42. The highest BCUT2D eigenvalue weighted by Gasteiger charge is 2.22. The zero-order valence-corrected chi connectivity index (χ0v) is 16.0. The second-order valence-corrected chi connectivity index (χ2v) is 7.50. The van der Waals surface area contributed by atoms with Crippen LogP contribution in [-0.4, -0.2) is 36.9 Å². The standard InChI is InChI=1S/C20H24N2O3S/c1-3-22(13-19(23)21-15-8-6-9-16(12-15)25-2)20(24)18-11-14-7-4-5-10-17(14)26-18/h6,8-9,11-12H,3-5,7,10,13H2,1-2H3,(H,21,23). The Balaban J connectivity index is 1.65. The number of methoxy groups -OCH3 is 1. The van der Waals surface area contributed by atoms with Gasteiger partial charge in [0.25, 0.3) is 5.91 Å². The zero-order valence-electron chi connectivity index (χ0n) is 15.2. The van der Waals surface area contributed by atoms with Gasteiger partial charge in [-0.05, 0) is 56.4 Å². The Labute approximate surface area is 158 Å². The van der Waals surface area contributed by atoms with Crippen molar-refractivity contribution < 1.29 is 14.3 Å². The highest BCUT2D eigenvalue weighted by atomic mass is 32.1. The Bertz CT molecular complexity index is 777. The number of aryl methyl sites for hydroxylation is 2. The average molecular weight is 372 g/mol. The minimum atomic E-state index is -0.213. The largest absolute Gasteiger partial charge is 0.497 e. The average Bonchev–Trinajstić information content (AvgIpc) is 3.10. The summed E-state index contributed by atoms with van der Waals surface area (Å²) in [6.07, 6.45) is 4.51. The molecule has 138 valence electrons. The van der Waals surface area contributed by atoms with Gasteiger partial charge in [-0.2, -0.15) is 0 Å². The van der Waals surface area contributed by atoms with Crippen molar-refractivity contribution in [2.24, 2.45) is 0 Å². The van der Waals surface area contributed by atoms with Crippen molar-refractivity contribution in [2.45, 2.75) is 32.6 Å². The predicted molar refractivity (Wildman–Crippen MR) is 104 cm³/mol. The molecule has 1 aromatic carbocycles. The molecule has 0 bridgehead atoms. The fourth-order valence-corrected chi connectivity index (χ4v) is 4.38. The topological polar surface area (TPSA) is 58.6 Å². The number of nitrogens with one attached hydrogen (secondary N) is 1. The second kappa shape index (κ2) is 8.36. The maximum Gasteiger partial charge on any atom is 0.264 e. The fourth-order valence-electron chi connectivity index (χ4n) is 3.15. The lowest BCUT2D eigenvalue weighted by atomic mass is 9.99. The van der Waals surface area contributed by atoms with Crippen LogP contribution in [0.1, 0.15) is 39.9 Å². The van der Waals surface area contributed by atoms with Gasteiger partial charge in [0.1, 0.15) is 12.3 Å². The van der Waals surface area contributed by atoms with E-state index in [0.717, 1.165) is 17.7 Å². The van der Waals surface area contributed by atoms with Crippen LogP contribution >= 0.6 is 11.3 Å². The van der Waals surface area contributed by atoms with E-state index in [1.807, 2.05) is 25.1 Å². The number of rotatable bonds is 6. The van der Waals surface area contributed by atoms with E-state index in [9.17, 15) is 9.59 Å². The molecule has 1 aromatic heterocycles. The first-order valence-electron chi connectivity index (χ1n) is 8.95. The smallest absolute Gasteiger partial charge is 0.264 e. The van der Waals surface area contributed by atoms with Gasteiger partial charge in [-0.3, -0.25) is 9.59 Å². The van der Waals surface area contributed by atoms with Gasteiger partial charge in [0.05, 0.1) is 12.0 Å². The molecule has 0 saturated carbocycles. The van der Waals surface area contributed by atoms with E-state index in [1.54, 1.807) is 35.5 Å². The number of hydrogen-bond donors (Lipinski definition) is 1. The number of fused-ring (bicyclic) bond motifs is 1. The number of carbonyl (C=O) groups excluding carboxylic acids is 2. The number of nitrogens with zero attached hydrogens (tertiary/aromatic N) is 1. The summed E-state index contributed by atoms with van der Waals surface area (Å²) in [7, 11) is 1.58. The number of likely N-dealkylation sites (N-methyl/N-ethyl adjacent to an activating group) is 1. The Morgan fingerprint density at radius 2 is 2.04 bits per heavy atom. The summed E-state index contributed by atoms with van der Waals surface area (Å²) in [6, 6.07) is 9.20. The van der Waals surface area contributed by atoms with E-state index < -0.39 is 0 Å². The lowest BCUT2D eigenvalue weighted by Crippen LogP contribution is -2.37. The van der Waals surface area contributed by atoms with Gasteiger partial charge in [-0.25, -0.2) is 0 Å². The molecule has 0 radical (unpaired) electrons. The Morgan fingerprint density at radius 1 is 1.23 bits per heavy atom. The lowest BCUT2D eigenvalue weighted by molar-refractivity contribution is -0.116. The van der Waals surface area contributed by atoms with E-state index in [-0.39, 0.29) is 18.4 Å². The number of amides is 2. The van der Waals surface area contributed by atoms with Gasteiger partial charge in [-0.1, -0.05) is 6.07 Å². The van der Waals surface area contributed by atoms with Crippen LogP contribution in [0.3, 0.4) is 0 Å². The third-order valence-corrected chi connectivity index (χ3v) is 5.79. The molecule has 0 saturated heterocycles. The molecule has 3 rings (SSSR count). The van der Waals surface area contributed by atoms with Gasteiger partial charge in [0.15, 0.2) is 0 Å². The maximum atomic E-state index is 12.8. The molecule has 1 heterocycles. The summed E-state index contributed by atoms with van der Waals surface area (Å²) in [5.74, 6) is 0.401. The van der Waals surface area contributed by atoms with Crippen molar-refractivity contribution in [3.05, 3.63) is 45.6 Å². The number of anilines is 1. The van der Waals surface area contributed by atoms with Crippen molar-refractivity contribution >= 4 is 28.8 Å². The van der Waals surface area contributed by atoms with Crippen molar-refractivity contribution in [3.63, 3.8) is 0 Å². The molecule has 5 nitrogen and oxygen atoms in total. The Morgan fingerprint density at radius 3 is 2.77 bits per heavy atom. The van der Waals surface area contributed by atoms with Gasteiger partial charge in [0.2, 0.25) is 5.91 Å². The van der Waals surface area contributed by atoms with Crippen LogP contribution in [0.4, 0.5) is 5.69 Å². The molecule has 0 unspecified atom stereocenters. The molecule has 0 aliphatic heterocycles. The van der Waals surface area contributed by atoms with Gasteiger partial charge >= 0.3 is 0 Å². The quantitative estimate of drug-likeness (QED) is 0.840. The zero-order chi connectivity index (χ0) is 18.5. The molecule has 2 amide bonds. The number of ether oxygens (including phenoxy) is 1. The summed E-state index contributed by atoms with van der Waals surface area (Å²) < 4.78 is 5.16. The summed E-state index contributed by atoms with van der Waals surface area (Å²) in [5.41, 5.74) is 1.96. The van der Waals surface area contributed by atoms with Crippen LogP contribution < -0.4 is 10.1 Å². The molecule has 6 heteroatoms. The van der Waals surface area contributed by atoms with Crippen molar-refractivity contribution in [3.8, 4) is 5.75 Å². The molecule has 1 aliphatic rings. The molecule has 26 heavy (non-hydrogen) atoms. The molecule has 0 fully saturated rings. The second-order valence-electron chi connectivity index (χ2n) is 6.37. The number of benzene rings is 1. The number of thiophene rings is 1. The third kappa shape index (κ3) is 4.25. The Kier molecular flexibility index (Phi) is 5.93. The Hall–Kier alpha value is -2.34. The number of carbonyl (C=O) groups is 2. The molecular weight excluding hydrogens is 348 g/mol. The normalized spacial score (nSPS) is 13.0. The van der Waals surface area contributed by atoms with E-state index in [4.69, 9.17) is 4.74 Å². The van der Waals surface area contributed by atoms with E-state index in [0.29, 0.717) is 18.0 Å². The molecule has 2 aromatic rings.